The molecule has 366 valence electrons. The molecule has 0 rings (SSSR count). The molecule has 0 heterocycles. The Bertz CT molecular complexity index is 851. The van der Waals surface area contributed by atoms with Crippen LogP contribution < -0.4 is 0 Å². The molecule has 0 aromatic heterocycles. The number of esters is 1. The second-order valence-corrected chi connectivity index (χ2v) is 15.7. The van der Waals surface area contributed by atoms with Crippen LogP contribution in [0, 0.1) is 16.7 Å². The fraction of sp³-hybridized carbons (Fsp3) is 0.978. The van der Waals surface area contributed by atoms with Crippen molar-refractivity contribution in [1.82, 2.24) is 0 Å². The first-order chi connectivity index (χ1) is 29.9. The topological polar surface area (TPSA) is 156 Å². The number of carbonyl (C=O) groups excluding carboxylic acids is 1. The van der Waals surface area contributed by atoms with Gasteiger partial charge in [-0.2, -0.15) is 0 Å². The average Bonchev–Trinajstić information content (AvgIpc) is 3.27. The van der Waals surface area contributed by atoms with Gasteiger partial charge >= 0.3 is 5.97 Å². The van der Waals surface area contributed by atoms with Gasteiger partial charge < -0.3 is 71.1 Å². The molecule has 0 N–H and O–H groups in total. The van der Waals surface area contributed by atoms with Crippen LogP contribution in [-0.2, 0) is 75.8 Å². The fourth-order valence-electron chi connectivity index (χ4n) is 6.36. The zero-order valence-corrected chi connectivity index (χ0v) is 39.7. The Morgan fingerprint density at radius 2 is 0.541 bits per heavy atom. The molecular formula is C45H90O16. The van der Waals surface area contributed by atoms with Gasteiger partial charge in [0, 0.05) is 135 Å². The zero-order valence-electron chi connectivity index (χ0n) is 39.7. The van der Waals surface area contributed by atoms with E-state index in [9.17, 15) is 4.79 Å². The highest BCUT2D eigenvalue weighted by molar-refractivity contribution is 5.72. The Hall–Kier alpha value is -1.09. The average molecular weight is 887 g/mol. The number of hydrogen-bond acceptors (Lipinski definition) is 16. The van der Waals surface area contributed by atoms with E-state index in [1.165, 1.54) is 7.11 Å². The highest BCUT2D eigenvalue weighted by atomic mass is 16.5. The first-order valence-electron chi connectivity index (χ1n) is 22.6. The summed E-state index contributed by atoms with van der Waals surface area (Å²) in [7, 11) is 11.6. The number of unbranched alkanes of at least 4 members (excludes halogenated alkanes) is 2. The van der Waals surface area contributed by atoms with Crippen molar-refractivity contribution in [2.45, 2.75) is 77.0 Å². The van der Waals surface area contributed by atoms with Gasteiger partial charge in [0.2, 0.25) is 0 Å². The minimum atomic E-state index is -0.497. The molecule has 1 unspecified atom stereocenters. The third kappa shape index (κ3) is 35.9. The van der Waals surface area contributed by atoms with Crippen molar-refractivity contribution in [2.24, 2.45) is 16.7 Å². The lowest BCUT2D eigenvalue weighted by atomic mass is 9.92. The van der Waals surface area contributed by atoms with Crippen LogP contribution in [0.25, 0.3) is 0 Å². The number of ether oxygens (including phenoxy) is 15. The maximum Gasteiger partial charge on any atom is 0.308 e. The van der Waals surface area contributed by atoms with Gasteiger partial charge in [-0.25, -0.2) is 0 Å². The first kappa shape index (κ1) is 59.9. The van der Waals surface area contributed by atoms with Crippen molar-refractivity contribution >= 4 is 5.97 Å². The van der Waals surface area contributed by atoms with E-state index in [1.54, 1.807) is 42.7 Å². The third-order valence-corrected chi connectivity index (χ3v) is 9.81. The van der Waals surface area contributed by atoms with Crippen molar-refractivity contribution in [3.05, 3.63) is 0 Å². The van der Waals surface area contributed by atoms with E-state index in [1.807, 2.05) is 0 Å². The number of rotatable bonds is 51. The van der Waals surface area contributed by atoms with Gasteiger partial charge in [-0.1, -0.05) is 6.42 Å². The lowest BCUT2D eigenvalue weighted by Crippen LogP contribution is -2.42. The Kier molecular flexibility index (Phi) is 44.7. The Morgan fingerprint density at radius 1 is 0.311 bits per heavy atom. The summed E-state index contributed by atoms with van der Waals surface area (Å²) in [5.74, 6) is -0.436. The first-order valence-corrected chi connectivity index (χ1v) is 22.6. The highest BCUT2D eigenvalue weighted by Crippen LogP contribution is 2.24. The summed E-state index contributed by atoms with van der Waals surface area (Å²) in [6, 6.07) is 0. The molecule has 16 heteroatoms. The van der Waals surface area contributed by atoms with Crippen LogP contribution in [0.5, 0.6) is 0 Å². The van der Waals surface area contributed by atoms with Gasteiger partial charge in [-0.3, -0.25) is 4.79 Å². The van der Waals surface area contributed by atoms with Gasteiger partial charge in [0.1, 0.15) is 0 Å². The molecule has 0 aromatic carbocycles. The predicted octanol–water partition coefficient (Wildman–Crippen LogP) is 5.44. The standard InChI is InChI=1S/C45H90O16/c1-47-20-10-11-27-55-35-44(37-57-29-13-21-48-2,38-58-30-14-22-49-3)36-56-28-12-19-42(43(46)53-7)18-8-9-26-54-34-45(39-59-31-15-23-50-4,40-60-32-16-24-51-5)41-61-33-17-25-52-6/h42H,8-41H2,1-7H3. The molecule has 0 aliphatic carbocycles. The second kappa shape index (κ2) is 45.5. The van der Waals surface area contributed by atoms with Crippen LogP contribution in [0.1, 0.15) is 77.0 Å². The summed E-state index contributed by atoms with van der Waals surface area (Å²) in [4.78, 5) is 12.8. The molecule has 0 radical (unpaired) electrons. The minimum Gasteiger partial charge on any atom is -0.469 e. The lowest BCUT2D eigenvalue weighted by molar-refractivity contribution is -0.146. The van der Waals surface area contributed by atoms with Crippen molar-refractivity contribution in [1.29, 1.82) is 0 Å². The van der Waals surface area contributed by atoms with E-state index in [2.05, 4.69) is 0 Å². The molecular weight excluding hydrogens is 796 g/mol. The molecule has 0 saturated carbocycles. The second-order valence-electron chi connectivity index (χ2n) is 15.7. The summed E-state index contributed by atoms with van der Waals surface area (Å²) in [5, 5.41) is 0. The monoisotopic (exact) mass is 887 g/mol. The molecule has 16 nitrogen and oxygen atoms in total. The van der Waals surface area contributed by atoms with Crippen LogP contribution in [-0.4, -0.2) is 201 Å². The maximum absolute atomic E-state index is 12.8. The van der Waals surface area contributed by atoms with Crippen LogP contribution in [0.2, 0.25) is 0 Å². The summed E-state index contributed by atoms with van der Waals surface area (Å²) in [6.07, 6.45) is 9.46. The molecule has 0 bridgehead atoms. The number of methoxy groups -OCH3 is 7. The fourth-order valence-corrected chi connectivity index (χ4v) is 6.36. The summed E-state index contributed by atoms with van der Waals surface area (Å²) < 4.78 is 85.8. The summed E-state index contributed by atoms with van der Waals surface area (Å²) in [6.45, 7) is 11.7. The summed E-state index contributed by atoms with van der Waals surface area (Å²) in [5.41, 5.74) is -0.981. The summed E-state index contributed by atoms with van der Waals surface area (Å²) >= 11 is 0. The van der Waals surface area contributed by atoms with Gasteiger partial charge in [-0.05, 0) is 70.6 Å². The Morgan fingerprint density at radius 3 is 0.836 bits per heavy atom. The van der Waals surface area contributed by atoms with Gasteiger partial charge in [-0.15, -0.1) is 0 Å². The Balaban J connectivity index is 5.32. The van der Waals surface area contributed by atoms with Crippen LogP contribution in [0.3, 0.4) is 0 Å². The zero-order chi connectivity index (χ0) is 44.8. The van der Waals surface area contributed by atoms with Crippen LogP contribution >= 0.6 is 0 Å². The molecule has 0 spiro atoms. The van der Waals surface area contributed by atoms with Crippen molar-refractivity contribution in [2.75, 3.05) is 195 Å². The third-order valence-electron chi connectivity index (χ3n) is 9.81. The number of carbonyl (C=O) groups is 1. The highest BCUT2D eigenvalue weighted by Gasteiger charge is 2.34. The minimum absolute atomic E-state index is 0.202. The van der Waals surface area contributed by atoms with E-state index in [-0.39, 0.29) is 11.9 Å². The van der Waals surface area contributed by atoms with Gasteiger partial charge in [0.05, 0.1) is 76.7 Å². The lowest BCUT2D eigenvalue weighted by Gasteiger charge is -2.33. The maximum atomic E-state index is 12.8. The van der Waals surface area contributed by atoms with Gasteiger partial charge in [0.25, 0.3) is 0 Å². The number of hydrogen-bond donors (Lipinski definition) is 0. The molecule has 0 aliphatic heterocycles. The molecule has 0 fully saturated rings. The van der Waals surface area contributed by atoms with E-state index in [0.717, 1.165) is 57.8 Å². The van der Waals surface area contributed by atoms with Crippen molar-refractivity contribution < 1.29 is 75.8 Å². The smallest absolute Gasteiger partial charge is 0.308 e. The molecule has 1 atom stereocenters. The molecule has 0 aromatic rings. The van der Waals surface area contributed by atoms with Crippen LogP contribution in [0.4, 0.5) is 0 Å². The van der Waals surface area contributed by atoms with E-state index >= 15 is 0 Å². The quantitative estimate of drug-likeness (QED) is 0.0562. The molecule has 0 saturated heterocycles. The van der Waals surface area contributed by atoms with Crippen molar-refractivity contribution in [3.8, 4) is 0 Å². The van der Waals surface area contributed by atoms with E-state index in [4.69, 9.17) is 71.1 Å². The van der Waals surface area contributed by atoms with Gasteiger partial charge in [0.15, 0.2) is 0 Å². The molecule has 0 amide bonds. The SMILES string of the molecule is COCCCCOCC(COCCCOC)(COCCCOC)COCCCC(CCCCOCC(COCCCOC)(COCCCOC)COCCCOC)C(=O)OC. The normalized spacial score (nSPS) is 12.7. The largest absolute Gasteiger partial charge is 0.469 e. The van der Waals surface area contributed by atoms with Crippen LogP contribution in [0.15, 0.2) is 0 Å². The molecule has 61 heavy (non-hydrogen) atoms. The van der Waals surface area contributed by atoms with E-state index < -0.39 is 10.8 Å². The molecule has 0 aliphatic rings. The van der Waals surface area contributed by atoms with Crippen molar-refractivity contribution in [3.63, 3.8) is 0 Å². The van der Waals surface area contributed by atoms with E-state index in [0.29, 0.717) is 165 Å². The predicted molar refractivity (Wildman–Crippen MR) is 234 cm³/mol. The Labute approximate surface area is 370 Å².